The highest BCUT2D eigenvalue weighted by atomic mass is 15.2. The van der Waals surface area contributed by atoms with E-state index in [9.17, 15) is 0 Å². The number of aryl methyl sites for hydroxylation is 1. The molecule has 4 heteroatoms. The number of benzene rings is 1. The first-order valence-electron chi connectivity index (χ1n) is 7.96. The van der Waals surface area contributed by atoms with Crippen LogP contribution in [0.15, 0.2) is 42.6 Å². The molecule has 3 aromatic rings. The van der Waals surface area contributed by atoms with Crippen molar-refractivity contribution in [3.8, 4) is 11.4 Å². The van der Waals surface area contributed by atoms with Gasteiger partial charge in [0.25, 0.3) is 0 Å². The molecule has 112 valence electrons. The fourth-order valence-corrected chi connectivity index (χ4v) is 3.26. The average Bonchev–Trinajstić information content (AvgIpc) is 2.93. The number of fused-ring (bicyclic) bond motifs is 1. The number of hydrogen-bond donors (Lipinski definition) is 0. The van der Waals surface area contributed by atoms with Crippen LogP contribution in [0.3, 0.4) is 0 Å². The van der Waals surface area contributed by atoms with Crippen molar-refractivity contribution in [1.29, 1.82) is 0 Å². The second kappa shape index (κ2) is 5.44. The van der Waals surface area contributed by atoms with Gasteiger partial charge in [-0.2, -0.15) is 0 Å². The fourth-order valence-electron chi connectivity index (χ4n) is 3.26. The molecule has 0 bridgehead atoms. The molecule has 0 amide bonds. The highest BCUT2D eigenvalue weighted by Gasteiger charge is 2.15. The smallest absolute Gasteiger partial charge is 0.141 e. The Morgan fingerprint density at radius 3 is 2.64 bits per heavy atom. The van der Waals surface area contributed by atoms with Gasteiger partial charge in [0.1, 0.15) is 11.6 Å². The Kier molecular flexibility index (Phi) is 3.29. The molecular formula is C18H20N4. The van der Waals surface area contributed by atoms with E-state index >= 15 is 0 Å². The van der Waals surface area contributed by atoms with Crippen molar-refractivity contribution in [2.24, 2.45) is 7.05 Å². The summed E-state index contributed by atoms with van der Waals surface area (Å²) < 4.78 is 2.16. The molecule has 4 nitrogen and oxygen atoms in total. The molecule has 0 unspecified atom stereocenters. The maximum atomic E-state index is 4.79. The number of pyridine rings is 1. The van der Waals surface area contributed by atoms with Gasteiger partial charge < -0.3 is 9.47 Å². The van der Waals surface area contributed by atoms with E-state index < -0.39 is 0 Å². The van der Waals surface area contributed by atoms with Crippen LogP contribution in [-0.2, 0) is 7.05 Å². The molecule has 0 aliphatic carbocycles. The fraction of sp³-hybridized carbons (Fsp3) is 0.333. The van der Waals surface area contributed by atoms with Crippen LogP contribution in [0.2, 0.25) is 0 Å². The number of anilines is 1. The minimum Gasteiger partial charge on any atom is -0.357 e. The van der Waals surface area contributed by atoms with Gasteiger partial charge in [-0.1, -0.05) is 12.1 Å². The summed E-state index contributed by atoms with van der Waals surface area (Å²) in [6.07, 6.45) is 5.76. The van der Waals surface area contributed by atoms with E-state index in [2.05, 4.69) is 51.8 Å². The number of aromatic nitrogens is 3. The molecule has 3 heterocycles. The normalized spacial score (nSPS) is 15.4. The van der Waals surface area contributed by atoms with Gasteiger partial charge in [-0.15, -0.1) is 0 Å². The van der Waals surface area contributed by atoms with E-state index in [-0.39, 0.29) is 0 Å². The maximum absolute atomic E-state index is 4.79. The van der Waals surface area contributed by atoms with Crippen molar-refractivity contribution in [2.75, 3.05) is 18.0 Å². The number of nitrogens with zero attached hydrogens (tertiary/aromatic N) is 4. The Labute approximate surface area is 130 Å². The molecular weight excluding hydrogens is 272 g/mol. The van der Waals surface area contributed by atoms with Crippen LogP contribution in [-0.4, -0.2) is 27.6 Å². The largest absolute Gasteiger partial charge is 0.357 e. The first kappa shape index (κ1) is 13.3. The maximum Gasteiger partial charge on any atom is 0.141 e. The number of rotatable bonds is 2. The summed E-state index contributed by atoms with van der Waals surface area (Å²) in [7, 11) is 2.08. The molecule has 0 saturated carbocycles. The Morgan fingerprint density at radius 1 is 1.00 bits per heavy atom. The van der Waals surface area contributed by atoms with Gasteiger partial charge in [-0.3, -0.25) is 0 Å². The van der Waals surface area contributed by atoms with Crippen LogP contribution in [0.4, 0.5) is 5.82 Å². The molecule has 0 radical (unpaired) electrons. The monoisotopic (exact) mass is 292 g/mol. The predicted molar refractivity (Wildman–Crippen MR) is 90.0 cm³/mol. The zero-order valence-electron chi connectivity index (χ0n) is 12.9. The SMILES string of the molecule is Cn1c(-c2ccnc(N3CCCCC3)c2)nc2ccccc21. The third-order valence-electron chi connectivity index (χ3n) is 4.47. The van der Waals surface area contributed by atoms with E-state index in [1.807, 2.05) is 12.3 Å². The van der Waals surface area contributed by atoms with Gasteiger partial charge in [-0.05, 0) is 43.5 Å². The second-order valence-electron chi connectivity index (χ2n) is 5.93. The molecule has 4 rings (SSSR count). The first-order chi connectivity index (χ1) is 10.8. The third-order valence-corrected chi connectivity index (χ3v) is 4.47. The topological polar surface area (TPSA) is 34.0 Å². The molecule has 1 fully saturated rings. The van der Waals surface area contributed by atoms with Crippen molar-refractivity contribution >= 4 is 16.9 Å². The molecule has 2 aromatic heterocycles. The second-order valence-corrected chi connectivity index (χ2v) is 5.93. The Hall–Kier alpha value is -2.36. The Morgan fingerprint density at radius 2 is 1.82 bits per heavy atom. The zero-order chi connectivity index (χ0) is 14.9. The van der Waals surface area contributed by atoms with Crippen molar-refractivity contribution in [3.05, 3.63) is 42.6 Å². The van der Waals surface area contributed by atoms with E-state index in [1.54, 1.807) is 0 Å². The van der Waals surface area contributed by atoms with Crippen molar-refractivity contribution in [1.82, 2.24) is 14.5 Å². The van der Waals surface area contributed by atoms with Gasteiger partial charge >= 0.3 is 0 Å². The highest BCUT2D eigenvalue weighted by molar-refractivity contribution is 5.80. The van der Waals surface area contributed by atoms with Crippen molar-refractivity contribution in [2.45, 2.75) is 19.3 Å². The standard InChI is InChI=1S/C18H20N4/c1-21-16-8-4-3-7-15(16)20-18(21)14-9-10-19-17(13-14)22-11-5-2-6-12-22/h3-4,7-10,13H,2,5-6,11-12H2,1H3. The minimum absolute atomic E-state index is 1.00. The summed E-state index contributed by atoms with van der Waals surface area (Å²) in [4.78, 5) is 11.7. The quantitative estimate of drug-likeness (QED) is 0.723. The summed E-state index contributed by atoms with van der Waals surface area (Å²) in [6, 6.07) is 12.5. The lowest BCUT2D eigenvalue weighted by atomic mass is 10.1. The van der Waals surface area contributed by atoms with Crippen LogP contribution in [0.1, 0.15) is 19.3 Å². The highest BCUT2D eigenvalue weighted by Crippen LogP contribution is 2.26. The lowest BCUT2D eigenvalue weighted by Crippen LogP contribution is -2.30. The third kappa shape index (κ3) is 2.25. The van der Waals surface area contributed by atoms with Crippen LogP contribution in [0.25, 0.3) is 22.4 Å². The molecule has 0 N–H and O–H groups in total. The number of imidazole rings is 1. The van der Waals surface area contributed by atoms with Crippen molar-refractivity contribution < 1.29 is 0 Å². The van der Waals surface area contributed by atoms with Crippen molar-refractivity contribution in [3.63, 3.8) is 0 Å². The summed E-state index contributed by atoms with van der Waals surface area (Å²) in [5.41, 5.74) is 3.33. The molecule has 22 heavy (non-hydrogen) atoms. The number of piperidine rings is 1. The molecule has 1 aromatic carbocycles. The van der Waals surface area contributed by atoms with E-state index in [4.69, 9.17) is 4.98 Å². The minimum atomic E-state index is 1.00. The van der Waals surface area contributed by atoms with Gasteiger partial charge in [0, 0.05) is 31.9 Å². The summed E-state index contributed by atoms with van der Waals surface area (Å²) in [5, 5.41) is 0. The van der Waals surface area contributed by atoms with E-state index in [0.717, 1.165) is 41.3 Å². The lowest BCUT2D eigenvalue weighted by molar-refractivity contribution is 0.573. The summed E-state index contributed by atoms with van der Waals surface area (Å²) in [6.45, 7) is 2.22. The van der Waals surface area contributed by atoms with Crippen LogP contribution >= 0.6 is 0 Å². The van der Waals surface area contributed by atoms with Crippen LogP contribution in [0.5, 0.6) is 0 Å². The zero-order valence-corrected chi connectivity index (χ0v) is 12.9. The Bertz CT molecular complexity index is 800. The molecule has 1 aliphatic rings. The lowest BCUT2D eigenvalue weighted by Gasteiger charge is -2.27. The van der Waals surface area contributed by atoms with E-state index in [0.29, 0.717) is 0 Å². The van der Waals surface area contributed by atoms with Gasteiger partial charge in [0.2, 0.25) is 0 Å². The predicted octanol–water partition coefficient (Wildman–Crippen LogP) is 3.63. The van der Waals surface area contributed by atoms with Crippen LogP contribution < -0.4 is 4.90 Å². The number of hydrogen-bond acceptors (Lipinski definition) is 3. The molecule has 1 aliphatic heterocycles. The van der Waals surface area contributed by atoms with E-state index in [1.165, 1.54) is 19.3 Å². The molecule has 0 atom stereocenters. The van der Waals surface area contributed by atoms with Gasteiger partial charge in [0.05, 0.1) is 11.0 Å². The summed E-state index contributed by atoms with van der Waals surface area (Å²) in [5.74, 6) is 2.08. The van der Waals surface area contributed by atoms with Gasteiger partial charge in [-0.25, -0.2) is 9.97 Å². The van der Waals surface area contributed by atoms with Gasteiger partial charge in [0.15, 0.2) is 0 Å². The first-order valence-corrected chi connectivity index (χ1v) is 7.96. The summed E-state index contributed by atoms with van der Waals surface area (Å²) >= 11 is 0. The average molecular weight is 292 g/mol. The molecule has 0 spiro atoms. The van der Waals surface area contributed by atoms with Crippen LogP contribution in [0, 0.1) is 0 Å². The molecule has 1 saturated heterocycles. The number of para-hydroxylation sites is 2. The Balaban J connectivity index is 1.76.